The zero-order valence-electron chi connectivity index (χ0n) is 6.64. The van der Waals surface area contributed by atoms with Crippen LogP contribution in [0.5, 0.6) is 0 Å². The summed E-state index contributed by atoms with van der Waals surface area (Å²) in [6, 6.07) is 1.66. The lowest BCUT2D eigenvalue weighted by molar-refractivity contribution is -0.0688. The van der Waals surface area contributed by atoms with Crippen molar-refractivity contribution in [3.8, 4) is 6.07 Å². The molecule has 0 aromatic carbocycles. The molecule has 0 saturated carbocycles. The average molecular weight is 173 g/mol. The Labute approximate surface area is 69.8 Å². The number of hydrogen-bond donors (Lipinski definition) is 3. The molecular weight excluding hydrogens is 162 g/mol. The van der Waals surface area contributed by atoms with Gasteiger partial charge in [-0.2, -0.15) is 5.26 Å². The van der Waals surface area contributed by atoms with Crippen LogP contribution in [0, 0.1) is 11.3 Å². The highest BCUT2D eigenvalue weighted by Crippen LogP contribution is 2.30. The molecule has 5 heteroatoms. The number of hydrogen-bond acceptors (Lipinski definition) is 5. The first-order valence-corrected chi connectivity index (χ1v) is 3.63. The van der Waals surface area contributed by atoms with Gasteiger partial charge in [0.05, 0.1) is 12.7 Å². The van der Waals surface area contributed by atoms with E-state index in [2.05, 4.69) is 0 Å². The topological polar surface area (TPSA) is 93.7 Å². The van der Waals surface area contributed by atoms with Crippen LogP contribution in [0.1, 0.15) is 6.92 Å². The Bertz CT molecular complexity index is 214. The molecule has 12 heavy (non-hydrogen) atoms. The van der Waals surface area contributed by atoms with E-state index in [0.29, 0.717) is 0 Å². The molecule has 0 aliphatic carbocycles. The van der Waals surface area contributed by atoms with Crippen molar-refractivity contribution >= 4 is 0 Å². The van der Waals surface area contributed by atoms with E-state index >= 15 is 0 Å². The fraction of sp³-hybridized carbons (Fsp3) is 0.857. The van der Waals surface area contributed by atoms with Gasteiger partial charge < -0.3 is 20.1 Å². The lowest BCUT2D eigenvalue weighted by atomic mass is 9.97. The van der Waals surface area contributed by atoms with Crippen LogP contribution in [0.25, 0.3) is 0 Å². The van der Waals surface area contributed by atoms with E-state index in [1.54, 1.807) is 6.07 Å². The van der Waals surface area contributed by atoms with Crippen molar-refractivity contribution in [1.82, 2.24) is 0 Å². The van der Waals surface area contributed by atoms with Crippen molar-refractivity contribution in [2.75, 3.05) is 6.61 Å². The Morgan fingerprint density at radius 2 is 2.17 bits per heavy atom. The minimum atomic E-state index is -1.65. The molecule has 0 spiro atoms. The summed E-state index contributed by atoms with van der Waals surface area (Å²) in [6.45, 7) is 0.911. The highest BCUT2D eigenvalue weighted by molar-refractivity contribution is 5.14. The van der Waals surface area contributed by atoms with Crippen LogP contribution in [0.2, 0.25) is 0 Å². The van der Waals surface area contributed by atoms with Crippen molar-refractivity contribution in [2.24, 2.45) is 0 Å². The van der Waals surface area contributed by atoms with Crippen molar-refractivity contribution in [2.45, 2.75) is 30.8 Å². The van der Waals surface area contributed by atoms with Crippen molar-refractivity contribution in [3.63, 3.8) is 0 Å². The van der Waals surface area contributed by atoms with Crippen LogP contribution in [-0.2, 0) is 4.74 Å². The van der Waals surface area contributed by atoms with Gasteiger partial charge in [-0.25, -0.2) is 0 Å². The molecule has 5 nitrogen and oxygen atoms in total. The summed E-state index contributed by atoms with van der Waals surface area (Å²) >= 11 is 0. The average Bonchev–Trinajstić information content (AvgIpc) is 2.30. The van der Waals surface area contributed by atoms with Crippen LogP contribution < -0.4 is 0 Å². The molecule has 1 aliphatic rings. The van der Waals surface area contributed by atoms with Gasteiger partial charge in [-0.05, 0) is 6.92 Å². The summed E-state index contributed by atoms with van der Waals surface area (Å²) in [5, 5.41) is 36.0. The predicted octanol–water partition coefficient (Wildman–Crippen LogP) is -1.62. The lowest BCUT2D eigenvalue weighted by Crippen LogP contribution is -2.44. The Hall–Kier alpha value is -0.670. The van der Waals surface area contributed by atoms with Gasteiger partial charge in [0.25, 0.3) is 0 Å². The van der Waals surface area contributed by atoms with E-state index in [0.717, 1.165) is 0 Å². The maximum Gasteiger partial charge on any atom is 0.205 e. The van der Waals surface area contributed by atoms with Crippen LogP contribution in [-0.4, -0.2) is 45.8 Å². The fourth-order valence-electron chi connectivity index (χ4n) is 1.26. The minimum absolute atomic E-state index is 0.619. The predicted molar refractivity (Wildman–Crippen MR) is 38.0 cm³/mol. The number of nitrogens with zero attached hydrogens (tertiary/aromatic N) is 1. The molecule has 0 aromatic heterocycles. The number of aliphatic hydroxyl groups excluding tert-OH is 3. The minimum Gasteiger partial charge on any atom is -0.392 e. The number of ether oxygens (including phenoxy) is 1. The van der Waals surface area contributed by atoms with E-state index in [-0.39, 0.29) is 0 Å². The second-order valence-electron chi connectivity index (χ2n) is 2.92. The summed E-state index contributed by atoms with van der Waals surface area (Å²) in [6.07, 6.45) is -3.09. The van der Waals surface area contributed by atoms with Crippen LogP contribution in [0.4, 0.5) is 0 Å². The van der Waals surface area contributed by atoms with Gasteiger partial charge in [0.1, 0.15) is 18.3 Å². The normalized spacial score (nSPS) is 47.4. The first kappa shape index (κ1) is 9.42. The van der Waals surface area contributed by atoms with Gasteiger partial charge in [-0.15, -0.1) is 0 Å². The standard InChI is InChI=1S/C7H11NO4/c1-4-5(10)6(11)7(2-8,3-9)12-4/h4-6,9-11H,3H2,1H3/t4?,5-,6-,7?/m0/s1. The summed E-state index contributed by atoms with van der Waals surface area (Å²) in [5.41, 5.74) is -1.65. The molecule has 1 saturated heterocycles. The van der Waals surface area contributed by atoms with Gasteiger partial charge in [-0.3, -0.25) is 0 Å². The molecule has 1 rings (SSSR count). The maximum atomic E-state index is 9.32. The first-order valence-electron chi connectivity index (χ1n) is 3.63. The molecule has 0 radical (unpaired) electrons. The SMILES string of the molecule is CC1OC(C#N)(CO)[C@@H](O)[C@H]1O. The molecule has 4 atom stereocenters. The lowest BCUT2D eigenvalue weighted by Gasteiger charge is -2.20. The largest absolute Gasteiger partial charge is 0.392 e. The fourth-order valence-corrected chi connectivity index (χ4v) is 1.26. The number of rotatable bonds is 1. The second-order valence-corrected chi connectivity index (χ2v) is 2.92. The summed E-state index contributed by atoms with van der Waals surface area (Å²) in [5.74, 6) is 0. The van der Waals surface area contributed by atoms with E-state index in [4.69, 9.17) is 15.1 Å². The monoisotopic (exact) mass is 173 g/mol. The van der Waals surface area contributed by atoms with Crippen LogP contribution in [0.15, 0.2) is 0 Å². The quantitative estimate of drug-likeness (QED) is 0.443. The number of aliphatic hydroxyl groups is 3. The highest BCUT2D eigenvalue weighted by Gasteiger charge is 2.52. The Kier molecular flexibility index (Phi) is 2.35. The molecule has 1 aliphatic heterocycles. The Morgan fingerprint density at radius 1 is 1.58 bits per heavy atom. The first-order chi connectivity index (χ1) is 5.57. The molecule has 1 fully saturated rings. The third-order valence-corrected chi connectivity index (χ3v) is 2.10. The van der Waals surface area contributed by atoms with Crippen molar-refractivity contribution in [3.05, 3.63) is 0 Å². The van der Waals surface area contributed by atoms with E-state index < -0.39 is 30.5 Å². The number of nitriles is 1. The molecular formula is C7H11NO4. The van der Waals surface area contributed by atoms with E-state index in [1.165, 1.54) is 6.92 Å². The van der Waals surface area contributed by atoms with Gasteiger partial charge in [0, 0.05) is 0 Å². The summed E-state index contributed by atoms with van der Waals surface area (Å²) in [4.78, 5) is 0. The van der Waals surface area contributed by atoms with Crippen LogP contribution >= 0.6 is 0 Å². The van der Waals surface area contributed by atoms with E-state index in [1.807, 2.05) is 0 Å². The zero-order chi connectivity index (χ0) is 9.35. The third kappa shape index (κ3) is 1.09. The molecule has 0 aromatic rings. The Morgan fingerprint density at radius 3 is 2.33 bits per heavy atom. The van der Waals surface area contributed by atoms with Crippen molar-refractivity contribution < 1.29 is 20.1 Å². The van der Waals surface area contributed by atoms with Gasteiger partial charge in [0.15, 0.2) is 0 Å². The summed E-state index contributed by atoms with van der Waals surface area (Å²) in [7, 11) is 0. The second kappa shape index (κ2) is 2.99. The molecule has 3 N–H and O–H groups in total. The van der Waals surface area contributed by atoms with Gasteiger partial charge in [-0.1, -0.05) is 0 Å². The third-order valence-electron chi connectivity index (χ3n) is 2.10. The smallest absolute Gasteiger partial charge is 0.205 e. The maximum absolute atomic E-state index is 9.32. The Balaban J connectivity index is 2.89. The van der Waals surface area contributed by atoms with Crippen molar-refractivity contribution in [1.29, 1.82) is 5.26 Å². The van der Waals surface area contributed by atoms with Gasteiger partial charge >= 0.3 is 0 Å². The van der Waals surface area contributed by atoms with Crippen LogP contribution in [0.3, 0.4) is 0 Å². The molecule has 0 amide bonds. The summed E-state index contributed by atoms with van der Waals surface area (Å²) < 4.78 is 4.96. The highest BCUT2D eigenvalue weighted by atomic mass is 16.6. The molecule has 2 unspecified atom stereocenters. The van der Waals surface area contributed by atoms with Gasteiger partial charge in [0.2, 0.25) is 5.60 Å². The molecule has 68 valence electrons. The zero-order valence-corrected chi connectivity index (χ0v) is 6.64. The van der Waals surface area contributed by atoms with E-state index in [9.17, 15) is 10.2 Å². The molecule has 1 heterocycles. The molecule has 0 bridgehead atoms.